The van der Waals surface area contributed by atoms with Crippen LogP contribution in [0.4, 0.5) is 0 Å². The predicted molar refractivity (Wildman–Crippen MR) is 93.7 cm³/mol. The molecule has 0 saturated heterocycles. The van der Waals surface area contributed by atoms with Crippen molar-refractivity contribution in [3.05, 3.63) is 48.3 Å². The maximum absolute atomic E-state index is 11.9. The van der Waals surface area contributed by atoms with Crippen LogP contribution in [-0.4, -0.2) is 11.9 Å². The monoisotopic (exact) mass is 417 g/mol. The Morgan fingerprint density at radius 1 is 1.00 bits per heavy atom. The van der Waals surface area contributed by atoms with E-state index in [1.54, 1.807) is 19.9 Å². The molecule has 0 fully saturated rings. The minimum Gasteiger partial charge on any atom is -1.00 e. The minimum atomic E-state index is -0.375. The number of benzene rings is 1. The van der Waals surface area contributed by atoms with Gasteiger partial charge >= 0.3 is 11.9 Å². The van der Waals surface area contributed by atoms with E-state index in [9.17, 15) is 9.59 Å². The van der Waals surface area contributed by atoms with Crippen molar-refractivity contribution >= 4 is 28.2 Å². The van der Waals surface area contributed by atoms with Crippen LogP contribution in [0, 0.1) is 6.92 Å². The van der Waals surface area contributed by atoms with Crippen LogP contribution >= 0.6 is 0 Å². The molecule has 0 atom stereocenters. The summed E-state index contributed by atoms with van der Waals surface area (Å²) in [5, 5.41) is 1.67. The van der Waals surface area contributed by atoms with Crippen LogP contribution in [0.5, 0.6) is 11.5 Å². The predicted octanol–water partition coefficient (Wildman–Crippen LogP) is 0.522. The molecular weight excluding hydrogens is 398 g/mol. The lowest BCUT2D eigenvalue weighted by molar-refractivity contribution is -0.510. The van der Waals surface area contributed by atoms with Crippen LogP contribution in [-0.2, 0) is 9.59 Å². The van der Waals surface area contributed by atoms with E-state index < -0.39 is 0 Å². The lowest BCUT2D eigenvalue weighted by Crippen LogP contribution is -3.00. The Balaban J connectivity index is 0.00000243. The van der Waals surface area contributed by atoms with E-state index in [0.717, 1.165) is 21.9 Å². The second kappa shape index (κ2) is 8.27. The lowest BCUT2D eigenvalue weighted by atomic mass is 10.0. The summed E-state index contributed by atoms with van der Waals surface area (Å²) in [4.78, 5) is 23.7. The fourth-order valence-corrected chi connectivity index (χ4v) is 2.68. The van der Waals surface area contributed by atoms with E-state index in [2.05, 4.69) is 0 Å². The maximum atomic E-state index is 11.9. The van der Waals surface area contributed by atoms with Gasteiger partial charge in [-0.05, 0) is 24.6 Å². The van der Waals surface area contributed by atoms with Crippen molar-refractivity contribution in [1.29, 1.82) is 0 Å². The largest absolute Gasteiger partial charge is 1.00 e. The first kappa shape index (κ1) is 19.8. The molecule has 0 bridgehead atoms. The molecule has 0 N–H and O–H groups in total. The van der Waals surface area contributed by atoms with Crippen LogP contribution in [0.2, 0.25) is 0 Å². The molecule has 0 aliphatic rings. The zero-order valence-corrected chi connectivity index (χ0v) is 16.5. The molecule has 0 unspecified atom stereocenters. The third-order valence-corrected chi connectivity index (χ3v) is 4.03. The molecule has 3 aromatic rings. The van der Waals surface area contributed by atoms with E-state index in [1.807, 2.05) is 48.0 Å². The molecule has 2 aromatic heterocycles. The number of aromatic nitrogens is 1. The number of rotatable bonds is 4. The molecule has 136 valence electrons. The molecule has 5 nitrogen and oxygen atoms in total. The first-order chi connectivity index (χ1) is 12.0. The Bertz CT molecular complexity index is 984. The van der Waals surface area contributed by atoms with Crippen LogP contribution < -0.4 is 30.9 Å². The number of halogens is 1. The number of ether oxygens (including phenoxy) is 2. The Morgan fingerprint density at radius 3 is 2.38 bits per heavy atom. The number of pyridine rings is 2. The van der Waals surface area contributed by atoms with Crippen LogP contribution in [0.3, 0.4) is 0 Å². The molecule has 0 saturated carbocycles. The molecule has 0 aliphatic heterocycles. The summed E-state index contributed by atoms with van der Waals surface area (Å²) in [6.07, 6.45) is 4.41. The summed E-state index contributed by atoms with van der Waals surface area (Å²) in [5.74, 6) is -0.179. The van der Waals surface area contributed by atoms with Gasteiger partial charge in [0.15, 0.2) is 23.9 Å². The highest BCUT2D eigenvalue weighted by Gasteiger charge is 2.20. The van der Waals surface area contributed by atoms with E-state index in [-0.39, 0.29) is 47.5 Å². The van der Waals surface area contributed by atoms with Crippen molar-refractivity contribution in [2.24, 2.45) is 0 Å². The quantitative estimate of drug-likeness (QED) is 0.269. The highest BCUT2D eigenvalue weighted by molar-refractivity contribution is 5.96. The van der Waals surface area contributed by atoms with E-state index in [0.29, 0.717) is 5.75 Å². The molecule has 0 amide bonds. The Labute approximate surface area is 162 Å². The van der Waals surface area contributed by atoms with Crippen molar-refractivity contribution in [2.75, 3.05) is 0 Å². The molecule has 2 heterocycles. The third kappa shape index (κ3) is 3.85. The first-order valence-electron chi connectivity index (χ1n) is 8.32. The second-order valence-electron chi connectivity index (χ2n) is 5.81. The summed E-state index contributed by atoms with van der Waals surface area (Å²) in [6.45, 7) is 5.38. The van der Waals surface area contributed by atoms with Crippen molar-refractivity contribution in [3.8, 4) is 11.5 Å². The van der Waals surface area contributed by atoms with Gasteiger partial charge in [0.25, 0.3) is 0 Å². The molecular formula is C20H20BrNO4. The first-order valence-corrected chi connectivity index (χ1v) is 8.32. The zero-order valence-electron chi connectivity index (χ0n) is 14.9. The van der Waals surface area contributed by atoms with Crippen LogP contribution in [0.25, 0.3) is 16.3 Å². The summed E-state index contributed by atoms with van der Waals surface area (Å²) < 4.78 is 12.9. The molecule has 0 radical (unpaired) electrons. The number of fused-ring (bicyclic) bond motifs is 2. The van der Waals surface area contributed by atoms with Gasteiger partial charge in [0.05, 0.1) is 5.39 Å². The average molecular weight is 418 g/mol. The summed E-state index contributed by atoms with van der Waals surface area (Å²) in [7, 11) is 0. The molecule has 1 aromatic carbocycles. The summed E-state index contributed by atoms with van der Waals surface area (Å²) in [5.41, 5.74) is 1.88. The van der Waals surface area contributed by atoms with Crippen LogP contribution in [0.15, 0.2) is 42.7 Å². The van der Waals surface area contributed by atoms with Crippen molar-refractivity contribution in [3.63, 3.8) is 0 Å². The SMILES string of the molecule is CCC(=O)Oc1cc(C)c2c[n+]3ccccc3cc2c1OC(=O)CC.[Br-]. The van der Waals surface area contributed by atoms with E-state index >= 15 is 0 Å². The van der Waals surface area contributed by atoms with Crippen LogP contribution in [0.1, 0.15) is 32.3 Å². The molecule has 26 heavy (non-hydrogen) atoms. The molecule has 6 heteroatoms. The molecule has 0 spiro atoms. The topological polar surface area (TPSA) is 56.7 Å². The average Bonchev–Trinajstić information content (AvgIpc) is 2.63. The third-order valence-electron chi connectivity index (χ3n) is 4.03. The van der Waals surface area contributed by atoms with Gasteiger partial charge in [-0.1, -0.05) is 13.8 Å². The Hall–Kier alpha value is -2.47. The normalized spacial score (nSPS) is 10.4. The second-order valence-corrected chi connectivity index (χ2v) is 5.81. The van der Waals surface area contributed by atoms with Gasteiger partial charge in [0.1, 0.15) is 0 Å². The lowest BCUT2D eigenvalue weighted by Gasteiger charge is -2.14. The van der Waals surface area contributed by atoms with Gasteiger partial charge in [-0.3, -0.25) is 9.59 Å². The van der Waals surface area contributed by atoms with Gasteiger partial charge in [0.2, 0.25) is 5.52 Å². The number of nitrogens with zero attached hydrogens (tertiary/aromatic N) is 1. The van der Waals surface area contributed by atoms with Gasteiger partial charge in [-0.2, -0.15) is 4.40 Å². The maximum Gasteiger partial charge on any atom is 0.311 e. The number of carbonyl (C=O) groups is 2. The Morgan fingerprint density at radius 2 is 1.69 bits per heavy atom. The van der Waals surface area contributed by atoms with Gasteiger partial charge in [0, 0.05) is 36.4 Å². The molecule has 3 rings (SSSR count). The highest BCUT2D eigenvalue weighted by Crippen LogP contribution is 2.38. The minimum absolute atomic E-state index is 0. The van der Waals surface area contributed by atoms with Gasteiger partial charge in [-0.15, -0.1) is 0 Å². The van der Waals surface area contributed by atoms with Crippen molar-refractivity contribution in [1.82, 2.24) is 0 Å². The molecule has 0 aliphatic carbocycles. The van der Waals surface area contributed by atoms with Gasteiger partial charge < -0.3 is 26.5 Å². The Kier molecular flexibility index (Phi) is 6.32. The number of esters is 2. The summed E-state index contributed by atoms with van der Waals surface area (Å²) in [6, 6.07) is 9.52. The standard InChI is InChI=1S/C20H20NO4.BrH/c1-4-18(22)24-17-10-13(3)16-12-21-9-7-6-8-14(21)11-15(16)20(17)25-19(23)5-2;/h6-12H,4-5H2,1-3H3;1H/q+1;/p-1. The van der Waals surface area contributed by atoms with E-state index in [1.165, 1.54) is 0 Å². The number of aryl methyl sites for hydroxylation is 1. The van der Waals surface area contributed by atoms with Crippen molar-refractivity contribution < 1.29 is 40.4 Å². The van der Waals surface area contributed by atoms with Crippen molar-refractivity contribution in [2.45, 2.75) is 33.6 Å². The zero-order chi connectivity index (χ0) is 18.0. The fraction of sp³-hybridized carbons (Fsp3) is 0.250. The van der Waals surface area contributed by atoms with E-state index in [4.69, 9.17) is 9.47 Å². The number of hydrogen-bond acceptors (Lipinski definition) is 4. The highest BCUT2D eigenvalue weighted by atomic mass is 79.9. The van der Waals surface area contributed by atoms with Gasteiger partial charge in [-0.25, -0.2) is 0 Å². The number of carbonyl (C=O) groups excluding carboxylic acids is 2. The fourth-order valence-electron chi connectivity index (χ4n) is 2.68. The smallest absolute Gasteiger partial charge is 0.311 e. The summed E-state index contributed by atoms with van der Waals surface area (Å²) >= 11 is 0. The number of hydrogen-bond donors (Lipinski definition) is 0.